The number of Topliss-reactive ketones (excluding diaryl/α,β-unsaturated/α-hetero) is 1. The summed E-state index contributed by atoms with van der Waals surface area (Å²) in [6, 6.07) is 14.2. The first kappa shape index (κ1) is 18.3. The lowest BCUT2D eigenvalue weighted by Gasteiger charge is -2.16. The van der Waals surface area contributed by atoms with Crippen molar-refractivity contribution in [2.24, 2.45) is 0 Å². The number of nitrogens with zero attached hydrogens (tertiary/aromatic N) is 3. The van der Waals surface area contributed by atoms with Crippen LogP contribution in [0.2, 0.25) is 0 Å². The second kappa shape index (κ2) is 7.41. The Morgan fingerprint density at radius 2 is 1.93 bits per heavy atom. The summed E-state index contributed by atoms with van der Waals surface area (Å²) in [5, 5.41) is 15.5. The summed E-state index contributed by atoms with van der Waals surface area (Å²) in [5.74, 6) is 0.604. The third-order valence-corrected chi connectivity index (χ3v) is 4.32. The van der Waals surface area contributed by atoms with E-state index in [1.165, 1.54) is 13.0 Å². The minimum atomic E-state index is -0.481. The van der Waals surface area contributed by atoms with Crippen LogP contribution in [0.5, 0.6) is 0 Å². The van der Waals surface area contributed by atoms with Gasteiger partial charge in [-0.15, -0.1) is 0 Å². The summed E-state index contributed by atoms with van der Waals surface area (Å²) in [5.41, 5.74) is 2.42. The lowest BCUT2D eigenvalue weighted by Crippen LogP contribution is -2.12. The number of aromatic nitrogens is 1. The van der Waals surface area contributed by atoms with E-state index in [9.17, 15) is 14.9 Å². The molecular weight excluding hydrogens is 344 g/mol. The van der Waals surface area contributed by atoms with Crippen LogP contribution in [-0.2, 0) is 6.54 Å². The van der Waals surface area contributed by atoms with Crippen molar-refractivity contribution in [2.45, 2.75) is 13.5 Å². The zero-order chi connectivity index (χ0) is 19.6. The molecule has 27 heavy (non-hydrogen) atoms. The van der Waals surface area contributed by atoms with Crippen LogP contribution in [0.1, 0.15) is 22.8 Å². The number of hydrogen-bond donors (Lipinski definition) is 1. The SMILES string of the molecule is CC(=O)c1ccc(NCc2cc(N(C)C)nc3ccccc23)c([N+](=O)[O-])c1. The monoisotopic (exact) mass is 364 g/mol. The molecule has 0 saturated heterocycles. The van der Waals surface area contributed by atoms with Crippen LogP contribution < -0.4 is 10.2 Å². The third kappa shape index (κ3) is 3.87. The Balaban J connectivity index is 1.97. The fourth-order valence-electron chi connectivity index (χ4n) is 2.85. The first-order valence-corrected chi connectivity index (χ1v) is 8.46. The Kier molecular flexibility index (Phi) is 5.03. The zero-order valence-electron chi connectivity index (χ0n) is 15.4. The number of carbonyl (C=O) groups excluding carboxylic acids is 1. The number of para-hydroxylation sites is 1. The number of anilines is 2. The Hall–Kier alpha value is -3.48. The molecule has 0 saturated carbocycles. The Morgan fingerprint density at radius 3 is 2.59 bits per heavy atom. The van der Waals surface area contributed by atoms with Gasteiger partial charge in [0.25, 0.3) is 5.69 Å². The van der Waals surface area contributed by atoms with E-state index in [1.807, 2.05) is 49.3 Å². The van der Waals surface area contributed by atoms with E-state index in [0.29, 0.717) is 17.8 Å². The number of benzene rings is 2. The first-order chi connectivity index (χ1) is 12.9. The molecule has 0 atom stereocenters. The van der Waals surface area contributed by atoms with Gasteiger partial charge in [-0.05, 0) is 36.8 Å². The van der Waals surface area contributed by atoms with E-state index in [-0.39, 0.29) is 11.5 Å². The molecule has 1 N–H and O–H groups in total. The van der Waals surface area contributed by atoms with Crippen molar-refractivity contribution < 1.29 is 9.72 Å². The van der Waals surface area contributed by atoms with Crippen LogP contribution in [0.25, 0.3) is 10.9 Å². The van der Waals surface area contributed by atoms with Crippen LogP contribution in [0.4, 0.5) is 17.2 Å². The number of ketones is 1. The molecule has 1 aromatic heterocycles. The van der Waals surface area contributed by atoms with Gasteiger partial charge in [0.1, 0.15) is 11.5 Å². The summed E-state index contributed by atoms with van der Waals surface area (Å²) in [6.45, 7) is 1.78. The van der Waals surface area contributed by atoms with Crippen molar-refractivity contribution in [3.05, 3.63) is 69.8 Å². The fraction of sp³-hybridized carbons (Fsp3) is 0.200. The molecule has 1 heterocycles. The Morgan fingerprint density at radius 1 is 1.19 bits per heavy atom. The third-order valence-electron chi connectivity index (χ3n) is 4.32. The van der Waals surface area contributed by atoms with Gasteiger partial charge in [-0.25, -0.2) is 4.98 Å². The summed E-state index contributed by atoms with van der Waals surface area (Å²) >= 11 is 0. The molecule has 3 aromatic rings. The summed E-state index contributed by atoms with van der Waals surface area (Å²) < 4.78 is 0. The van der Waals surface area contributed by atoms with Gasteiger partial charge < -0.3 is 10.2 Å². The van der Waals surface area contributed by atoms with Crippen molar-refractivity contribution >= 4 is 33.9 Å². The molecule has 3 rings (SSSR count). The highest BCUT2D eigenvalue weighted by molar-refractivity contribution is 5.95. The van der Waals surface area contributed by atoms with Crippen molar-refractivity contribution in [1.82, 2.24) is 4.98 Å². The molecule has 0 radical (unpaired) electrons. The average molecular weight is 364 g/mol. The smallest absolute Gasteiger partial charge is 0.293 e. The Bertz CT molecular complexity index is 1030. The van der Waals surface area contributed by atoms with Crippen molar-refractivity contribution in [3.63, 3.8) is 0 Å². The van der Waals surface area contributed by atoms with Gasteiger partial charge in [0.15, 0.2) is 5.78 Å². The van der Waals surface area contributed by atoms with Crippen molar-refractivity contribution in [1.29, 1.82) is 0 Å². The van der Waals surface area contributed by atoms with Gasteiger partial charge in [0, 0.05) is 37.7 Å². The quantitative estimate of drug-likeness (QED) is 0.404. The molecule has 0 bridgehead atoms. The second-order valence-electron chi connectivity index (χ2n) is 6.45. The maximum absolute atomic E-state index is 11.5. The number of carbonyl (C=O) groups is 1. The van der Waals surface area contributed by atoms with E-state index in [4.69, 9.17) is 0 Å². The molecule has 0 unspecified atom stereocenters. The molecule has 0 spiro atoms. The molecule has 2 aromatic carbocycles. The Labute approximate surface area is 156 Å². The van der Waals surface area contributed by atoms with Gasteiger partial charge in [-0.1, -0.05) is 18.2 Å². The van der Waals surface area contributed by atoms with Crippen molar-refractivity contribution in [3.8, 4) is 0 Å². The molecule has 0 fully saturated rings. The number of pyridine rings is 1. The topological polar surface area (TPSA) is 88.4 Å². The van der Waals surface area contributed by atoms with Gasteiger partial charge in [0.2, 0.25) is 0 Å². The molecular formula is C20H20N4O3. The first-order valence-electron chi connectivity index (χ1n) is 8.46. The summed E-state index contributed by atoms with van der Waals surface area (Å²) in [6.07, 6.45) is 0. The number of nitro benzene ring substituents is 1. The summed E-state index contributed by atoms with van der Waals surface area (Å²) in [7, 11) is 3.83. The minimum absolute atomic E-state index is 0.117. The predicted octanol–water partition coefficient (Wildman–Crippen LogP) is 4.02. The normalized spacial score (nSPS) is 10.6. The van der Waals surface area contributed by atoms with Gasteiger partial charge in [-0.3, -0.25) is 14.9 Å². The van der Waals surface area contributed by atoms with Crippen LogP contribution >= 0.6 is 0 Å². The maximum Gasteiger partial charge on any atom is 0.293 e. The van der Waals surface area contributed by atoms with Crippen LogP contribution in [0.3, 0.4) is 0 Å². The standard InChI is InChI=1S/C20H20N4O3/c1-13(25)14-8-9-18(19(10-14)24(26)27)21-12-15-11-20(23(2)3)22-17-7-5-4-6-16(15)17/h4-11,21H,12H2,1-3H3. The van der Waals surface area contributed by atoms with Crippen LogP contribution in [0.15, 0.2) is 48.5 Å². The number of nitro groups is 1. The summed E-state index contributed by atoms with van der Waals surface area (Å²) in [4.78, 5) is 29.0. The fourth-order valence-corrected chi connectivity index (χ4v) is 2.85. The number of fused-ring (bicyclic) bond motifs is 1. The van der Waals surface area contributed by atoms with E-state index < -0.39 is 4.92 Å². The number of hydrogen-bond acceptors (Lipinski definition) is 6. The maximum atomic E-state index is 11.5. The van der Waals surface area contributed by atoms with E-state index in [0.717, 1.165) is 22.3 Å². The van der Waals surface area contributed by atoms with Crippen LogP contribution in [-0.4, -0.2) is 29.8 Å². The molecule has 7 nitrogen and oxygen atoms in total. The second-order valence-corrected chi connectivity index (χ2v) is 6.45. The van der Waals surface area contributed by atoms with Crippen molar-refractivity contribution in [2.75, 3.05) is 24.3 Å². The highest BCUT2D eigenvalue weighted by Gasteiger charge is 2.16. The van der Waals surface area contributed by atoms with Gasteiger partial charge >= 0.3 is 0 Å². The lowest BCUT2D eigenvalue weighted by molar-refractivity contribution is -0.384. The largest absolute Gasteiger partial charge is 0.375 e. The highest BCUT2D eigenvalue weighted by atomic mass is 16.6. The molecule has 0 aliphatic heterocycles. The van der Waals surface area contributed by atoms with Gasteiger partial charge in [-0.2, -0.15) is 0 Å². The van der Waals surface area contributed by atoms with E-state index in [2.05, 4.69) is 10.3 Å². The molecule has 0 aliphatic carbocycles. The molecule has 0 aliphatic rings. The highest BCUT2D eigenvalue weighted by Crippen LogP contribution is 2.28. The van der Waals surface area contributed by atoms with Gasteiger partial charge in [0.05, 0.1) is 10.4 Å². The molecule has 138 valence electrons. The minimum Gasteiger partial charge on any atom is -0.375 e. The number of nitrogens with one attached hydrogen (secondary N) is 1. The number of rotatable bonds is 6. The van der Waals surface area contributed by atoms with E-state index in [1.54, 1.807) is 12.1 Å². The van der Waals surface area contributed by atoms with Crippen LogP contribution in [0, 0.1) is 10.1 Å². The molecule has 7 heteroatoms. The average Bonchev–Trinajstić information content (AvgIpc) is 2.65. The predicted molar refractivity (Wildman–Crippen MR) is 106 cm³/mol. The molecule has 0 amide bonds. The van der Waals surface area contributed by atoms with E-state index >= 15 is 0 Å². The zero-order valence-corrected chi connectivity index (χ0v) is 15.4. The lowest BCUT2D eigenvalue weighted by atomic mass is 10.1.